The van der Waals surface area contributed by atoms with Crippen LogP contribution < -0.4 is 18.6 Å². The molecule has 3 heterocycles. The Morgan fingerprint density at radius 1 is 0.852 bits per heavy atom. The van der Waals surface area contributed by atoms with Gasteiger partial charge < -0.3 is 11.1 Å². The van der Waals surface area contributed by atoms with Gasteiger partial charge in [0.2, 0.25) is 0 Å². The van der Waals surface area contributed by atoms with Crippen LogP contribution in [0.1, 0.15) is 11.4 Å². The summed E-state index contributed by atoms with van der Waals surface area (Å²) in [7, 11) is -4.94. The smallest absolute Gasteiger partial charge is 0.373 e. The summed E-state index contributed by atoms with van der Waals surface area (Å²) in [6.45, 7) is 1.39. The normalized spacial score (nSPS) is 9.63. The fourth-order valence-corrected chi connectivity index (χ4v) is 1.83. The van der Waals surface area contributed by atoms with Crippen LogP contribution in [0.4, 0.5) is 0 Å². The first kappa shape index (κ1) is 24.5. The third-order valence-corrected chi connectivity index (χ3v) is 2.63. The zero-order valence-electron chi connectivity index (χ0n) is 13.5. The third-order valence-electron chi connectivity index (χ3n) is 2.63. The van der Waals surface area contributed by atoms with Gasteiger partial charge in [-0.2, -0.15) is 10.2 Å². The fraction of sp³-hybridized carbons (Fsp3) is 0.154. The van der Waals surface area contributed by atoms with Crippen molar-refractivity contribution in [1.29, 1.82) is 0 Å². The molecule has 147 valence electrons. The zero-order chi connectivity index (χ0) is 19.4. The van der Waals surface area contributed by atoms with Gasteiger partial charge in [-0.3, -0.25) is 19.3 Å². The Morgan fingerprint density at radius 3 is 1.52 bits per heavy atom. The Morgan fingerprint density at radius 2 is 1.22 bits per heavy atom. The predicted molar refractivity (Wildman–Crippen MR) is 77.0 cm³/mol. The molecule has 0 amide bonds. The summed E-state index contributed by atoms with van der Waals surface area (Å²) in [5, 5.41) is 8.35. The molecule has 3 aromatic rings. The minimum Gasteiger partial charge on any atom is -0.373 e. The summed E-state index contributed by atoms with van der Waals surface area (Å²) >= 11 is 0. The molecule has 0 aliphatic carbocycles. The molecule has 0 saturated carbocycles. The number of aromatic nitrogens is 5. The van der Waals surface area contributed by atoms with Crippen molar-refractivity contribution >= 4 is 0 Å². The summed E-state index contributed by atoms with van der Waals surface area (Å²) in [6, 6.07) is 9.86. The number of rotatable bonds is 4. The maximum Gasteiger partial charge on any atom is 2.00 e. The van der Waals surface area contributed by atoms with Gasteiger partial charge >= 0.3 is 17.1 Å². The zero-order valence-corrected chi connectivity index (χ0v) is 15.2. The third kappa shape index (κ3) is 12.5. The summed E-state index contributed by atoms with van der Waals surface area (Å²) in [4.78, 5) is 6.10. The number of halogens is 1. The molecule has 12 nitrogen and oxygen atoms in total. The van der Waals surface area contributed by atoms with Crippen LogP contribution in [0.2, 0.25) is 0 Å². The molecule has 0 spiro atoms. The quantitative estimate of drug-likeness (QED) is 0.186. The first-order valence-corrected chi connectivity index (χ1v) is 8.05. The molecule has 0 bridgehead atoms. The SMILES string of the molecule is [Cu+2].[N-]=[N+]=[N-].[O-][Cl+3]([O-])([O-])[O-].c1cc(Cn2cccn2)nc(Cn2cccn2)c1. The van der Waals surface area contributed by atoms with Crippen LogP contribution in [-0.2, 0) is 30.2 Å². The predicted octanol–water partition coefficient (Wildman–Crippen LogP) is -2.32. The number of hydrogen-bond acceptors (Lipinski definition) is 7. The molecule has 0 aromatic carbocycles. The van der Waals surface area contributed by atoms with Gasteiger partial charge in [0.1, 0.15) is 0 Å². The van der Waals surface area contributed by atoms with Gasteiger partial charge in [-0.15, -0.1) is 10.2 Å². The molecule has 0 N–H and O–H groups in total. The topological polar surface area (TPSA) is 199 Å². The van der Waals surface area contributed by atoms with Gasteiger partial charge in [-0.05, 0) is 24.3 Å². The van der Waals surface area contributed by atoms with Crippen molar-refractivity contribution in [2.75, 3.05) is 0 Å². The Bertz CT molecular complexity index is 732. The van der Waals surface area contributed by atoms with Gasteiger partial charge in [0.25, 0.3) is 0 Å². The maximum atomic E-state index is 8.49. The van der Waals surface area contributed by atoms with Crippen molar-refractivity contribution in [3.8, 4) is 0 Å². The molecule has 1 radical (unpaired) electrons. The van der Waals surface area contributed by atoms with Crippen molar-refractivity contribution < 1.29 is 45.9 Å². The fourth-order valence-electron chi connectivity index (χ4n) is 1.83. The Labute approximate surface area is 166 Å². The van der Waals surface area contributed by atoms with E-state index in [-0.39, 0.29) is 17.1 Å². The van der Waals surface area contributed by atoms with E-state index in [4.69, 9.17) is 29.7 Å². The van der Waals surface area contributed by atoms with Crippen LogP contribution in [0.15, 0.2) is 55.1 Å². The summed E-state index contributed by atoms with van der Waals surface area (Å²) in [6.07, 6.45) is 7.41. The van der Waals surface area contributed by atoms with Crippen LogP contribution in [0.25, 0.3) is 16.0 Å². The van der Waals surface area contributed by atoms with Crippen LogP contribution in [0.5, 0.6) is 0 Å². The first-order chi connectivity index (χ1) is 12.3. The van der Waals surface area contributed by atoms with Crippen molar-refractivity contribution in [3.63, 3.8) is 0 Å². The molecule has 0 atom stereocenters. The van der Waals surface area contributed by atoms with Crippen LogP contribution in [0.3, 0.4) is 0 Å². The van der Waals surface area contributed by atoms with Crippen molar-refractivity contribution in [2.24, 2.45) is 0 Å². The van der Waals surface area contributed by atoms with E-state index in [9.17, 15) is 0 Å². The Hall–Kier alpha value is -2.47. The molecule has 3 aromatic heterocycles. The second-order valence-corrected chi connectivity index (χ2v) is 5.25. The molecule has 0 unspecified atom stereocenters. The van der Waals surface area contributed by atoms with E-state index in [1.807, 2.05) is 52.1 Å². The maximum absolute atomic E-state index is 8.49. The minimum atomic E-state index is -4.94. The van der Waals surface area contributed by atoms with Crippen LogP contribution >= 0.6 is 0 Å². The molecule has 0 fully saturated rings. The standard InChI is InChI=1S/C13H13N5.ClHO4.Cu.N3/c1-4-12(10-17-8-2-6-14-17)16-13(5-1)11-18-9-3-7-15-18;2-1(3,4)5;;1-3-2/h1-9H,10-11H2;(H,2,3,4,5);;/q;;+2;-1/p-1. The van der Waals surface area contributed by atoms with E-state index in [1.54, 1.807) is 12.4 Å². The second kappa shape index (κ2) is 12.8. The van der Waals surface area contributed by atoms with Crippen molar-refractivity contribution in [3.05, 3.63) is 82.5 Å². The molecular weight excluding hydrogens is 431 g/mol. The monoisotopic (exact) mass is 443 g/mol. The molecular formula is C13H13ClCuN8O4. The van der Waals surface area contributed by atoms with Gasteiger partial charge in [-0.1, -0.05) is 6.07 Å². The molecule has 0 aliphatic rings. The summed E-state index contributed by atoms with van der Waals surface area (Å²) < 4.78 is 37.7. The molecule has 3 rings (SSSR count). The van der Waals surface area contributed by atoms with E-state index >= 15 is 0 Å². The van der Waals surface area contributed by atoms with Crippen LogP contribution in [0, 0.1) is 10.2 Å². The average molecular weight is 444 g/mol. The van der Waals surface area contributed by atoms with E-state index in [0.717, 1.165) is 11.4 Å². The van der Waals surface area contributed by atoms with E-state index < -0.39 is 10.2 Å². The minimum absolute atomic E-state index is 0. The summed E-state index contributed by atoms with van der Waals surface area (Å²) in [5.74, 6) is 0. The Balaban J connectivity index is 0.000000647. The average Bonchev–Trinajstić information content (AvgIpc) is 3.21. The summed E-state index contributed by atoms with van der Waals surface area (Å²) in [5.41, 5.74) is 15.5. The molecule has 27 heavy (non-hydrogen) atoms. The van der Waals surface area contributed by atoms with Gasteiger partial charge in [0.05, 0.1) is 24.5 Å². The molecule has 14 heteroatoms. The van der Waals surface area contributed by atoms with Crippen LogP contribution in [-0.4, -0.2) is 24.5 Å². The van der Waals surface area contributed by atoms with Gasteiger partial charge in [-0.25, -0.2) is 18.6 Å². The number of nitrogens with zero attached hydrogens (tertiary/aromatic N) is 8. The van der Waals surface area contributed by atoms with E-state index in [1.165, 1.54) is 4.91 Å². The van der Waals surface area contributed by atoms with Crippen molar-refractivity contribution in [1.82, 2.24) is 24.5 Å². The van der Waals surface area contributed by atoms with E-state index in [2.05, 4.69) is 15.2 Å². The van der Waals surface area contributed by atoms with Gasteiger partial charge in [0.15, 0.2) is 0 Å². The molecule has 0 saturated heterocycles. The number of pyridine rings is 1. The van der Waals surface area contributed by atoms with Crippen molar-refractivity contribution in [2.45, 2.75) is 13.1 Å². The van der Waals surface area contributed by atoms with E-state index in [0.29, 0.717) is 13.1 Å². The largest absolute Gasteiger partial charge is 2.00 e. The number of hydrogen-bond donors (Lipinski definition) is 0. The second-order valence-electron chi connectivity index (χ2n) is 4.49. The molecule has 0 aliphatic heterocycles. The Kier molecular flexibility index (Phi) is 11.6. The first-order valence-electron chi connectivity index (χ1n) is 6.81. The van der Waals surface area contributed by atoms with Gasteiger partial charge in [0, 0.05) is 24.8 Å².